The van der Waals surface area contributed by atoms with Crippen molar-refractivity contribution in [2.75, 3.05) is 34.3 Å². The summed E-state index contributed by atoms with van der Waals surface area (Å²) in [5.41, 5.74) is -1.59. The van der Waals surface area contributed by atoms with Crippen molar-refractivity contribution in [3.8, 4) is 17.3 Å². The predicted molar refractivity (Wildman–Crippen MR) is 133 cm³/mol. The Morgan fingerprint density at radius 2 is 1.59 bits per heavy atom. The van der Waals surface area contributed by atoms with Gasteiger partial charge in [0.25, 0.3) is 0 Å². The third kappa shape index (κ3) is 10.2. The molecule has 3 aromatic rings. The fourth-order valence-corrected chi connectivity index (χ4v) is 3.25. The molecule has 0 aliphatic rings. The second-order valence-electron chi connectivity index (χ2n) is 8.48. The highest BCUT2D eigenvalue weighted by Gasteiger charge is 2.36. The van der Waals surface area contributed by atoms with E-state index in [1.54, 1.807) is 0 Å². The van der Waals surface area contributed by atoms with Crippen molar-refractivity contribution >= 4 is 5.97 Å². The van der Waals surface area contributed by atoms with Gasteiger partial charge in [-0.25, -0.2) is 9.78 Å². The van der Waals surface area contributed by atoms with Crippen LogP contribution in [0.3, 0.4) is 0 Å². The van der Waals surface area contributed by atoms with Crippen LogP contribution in [0.1, 0.15) is 33.5 Å². The number of nitrogens with zero attached hydrogens (tertiary/aromatic N) is 4. The molecule has 7 nitrogen and oxygen atoms in total. The zero-order valence-electron chi connectivity index (χ0n) is 21.3. The molecule has 0 unspecified atom stereocenters. The molecule has 212 valence electrons. The van der Waals surface area contributed by atoms with Gasteiger partial charge in [-0.3, -0.25) is 0 Å². The number of alkyl halides is 6. The largest absolute Gasteiger partial charge is 0.661 e. The molecule has 0 spiro atoms. The normalized spacial score (nSPS) is 11.6. The highest BCUT2D eigenvalue weighted by atomic mass is 19.4. The Hall–Kier alpha value is -3.71. The van der Waals surface area contributed by atoms with Crippen LogP contribution in [0.25, 0.3) is 16.6 Å². The molecule has 1 heterocycles. The molecule has 13 heteroatoms. The molecule has 0 amide bonds. The Morgan fingerprint density at radius 1 is 1.00 bits per heavy atom. The maximum Gasteiger partial charge on any atom is 0.416 e. The summed E-state index contributed by atoms with van der Waals surface area (Å²) in [4.78, 5) is 21.6. The lowest BCUT2D eigenvalue weighted by atomic mass is 10.0. The number of ether oxygens (including phenoxy) is 1. The third-order valence-electron chi connectivity index (χ3n) is 5.01. The van der Waals surface area contributed by atoms with Crippen LogP contribution >= 0.6 is 0 Å². The highest BCUT2D eigenvalue weighted by Crippen LogP contribution is 2.36. The van der Waals surface area contributed by atoms with Crippen molar-refractivity contribution in [1.29, 1.82) is 0 Å². The second kappa shape index (κ2) is 13.9. The topological polar surface area (TPSA) is 89.7 Å². The van der Waals surface area contributed by atoms with E-state index in [1.807, 2.05) is 44.4 Å². The van der Waals surface area contributed by atoms with E-state index < -0.39 is 29.4 Å². The summed E-state index contributed by atoms with van der Waals surface area (Å²) in [5.74, 6) is -1.06. The molecule has 2 aromatic carbocycles. The Bertz CT molecular complexity index is 1190. The van der Waals surface area contributed by atoms with Crippen molar-refractivity contribution in [1.82, 2.24) is 14.9 Å². The van der Waals surface area contributed by atoms with Crippen molar-refractivity contribution in [2.45, 2.75) is 25.3 Å². The maximum absolute atomic E-state index is 12.4. The SMILES string of the molecule is CN(C)CCCOc1ncc(C(=O)O)c(-c2ccccc2)n1.C[N-]Cc1cc(C(F)(F)F)cc(C(F)(F)F)c1. The van der Waals surface area contributed by atoms with Crippen LogP contribution in [0.15, 0.2) is 54.7 Å². The molecular weight excluding hydrogens is 530 g/mol. The number of aromatic nitrogens is 2. The van der Waals surface area contributed by atoms with Crippen molar-refractivity contribution in [3.05, 3.63) is 82.3 Å². The van der Waals surface area contributed by atoms with Crippen LogP contribution in [-0.4, -0.2) is 60.2 Å². The first-order valence-corrected chi connectivity index (χ1v) is 11.5. The first-order chi connectivity index (χ1) is 18.2. The molecule has 1 N–H and O–H groups in total. The van der Waals surface area contributed by atoms with Gasteiger partial charge in [-0.15, -0.1) is 6.54 Å². The lowest BCUT2D eigenvalue weighted by Crippen LogP contribution is -2.16. The smallest absolute Gasteiger partial charge is 0.416 e. The van der Waals surface area contributed by atoms with Crippen LogP contribution in [-0.2, 0) is 18.9 Å². The Labute approximate surface area is 221 Å². The van der Waals surface area contributed by atoms with Crippen molar-refractivity contribution in [2.24, 2.45) is 0 Å². The summed E-state index contributed by atoms with van der Waals surface area (Å²) in [7, 11) is 5.30. The zero-order chi connectivity index (χ0) is 29.2. The van der Waals surface area contributed by atoms with E-state index in [1.165, 1.54) is 13.2 Å². The van der Waals surface area contributed by atoms with Crippen molar-refractivity contribution in [3.63, 3.8) is 0 Å². The van der Waals surface area contributed by atoms with E-state index in [4.69, 9.17) is 4.74 Å². The van der Waals surface area contributed by atoms with Crippen molar-refractivity contribution < 1.29 is 41.0 Å². The van der Waals surface area contributed by atoms with Gasteiger partial charge in [-0.2, -0.15) is 38.4 Å². The van der Waals surface area contributed by atoms with Gasteiger partial charge in [-0.1, -0.05) is 35.9 Å². The molecule has 0 saturated heterocycles. The third-order valence-corrected chi connectivity index (χ3v) is 5.01. The number of carboxylic acid groups (broad SMARTS) is 1. The first kappa shape index (κ1) is 31.5. The fourth-order valence-electron chi connectivity index (χ4n) is 3.25. The van der Waals surface area contributed by atoms with Crippen LogP contribution in [0, 0.1) is 0 Å². The van der Waals surface area contributed by atoms with Gasteiger partial charge in [0, 0.05) is 18.3 Å². The molecule has 0 aliphatic heterocycles. The summed E-state index contributed by atoms with van der Waals surface area (Å²) in [5, 5.41) is 12.8. The Morgan fingerprint density at radius 3 is 2.08 bits per heavy atom. The minimum absolute atomic E-state index is 0.0619. The molecule has 0 radical (unpaired) electrons. The first-order valence-electron chi connectivity index (χ1n) is 11.5. The van der Waals surface area contributed by atoms with Gasteiger partial charge in [-0.05, 0) is 38.7 Å². The van der Waals surface area contributed by atoms with E-state index in [0.29, 0.717) is 24.4 Å². The molecule has 0 saturated carbocycles. The van der Waals surface area contributed by atoms with E-state index in [0.717, 1.165) is 18.5 Å². The summed E-state index contributed by atoms with van der Waals surface area (Å²) in [6, 6.07) is 10.8. The predicted octanol–water partition coefficient (Wildman–Crippen LogP) is 6.40. The number of rotatable bonds is 9. The van der Waals surface area contributed by atoms with Crippen LogP contribution < -0.4 is 4.74 Å². The number of halogens is 6. The summed E-state index contributed by atoms with van der Waals surface area (Å²) >= 11 is 0. The molecule has 1 aromatic heterocycles. The molecule has 39 heavy (non-hydrogen) atoms. The number of hydrogen-bond acceptors (Lipinski definition) is 5. The van der Waals surface area contributed by atoms with Crippen LogP contribution in [0.2, 0.25) is 0 Å². The summed E-state index contributed by atoms with van der Waals surface area (Å²) < 4.78 is 79.8. The van der Waals surface area contributed by atoms with E-state index in [9.17, 15) is 36.2 Å². The van der Waals surface area contributed by atoms with Gasteiger partial charge < -0.3 is 20.1 Å². The van der Waals surface area contributed by atoms with Crippen LogP contribution in [0.4, 0.5) is 26.3 Å². The van der Waals surface area contributed by atoms with Gasteiger partial charge in [0.05, 0.1) is 23.4 Å². The summed E-state index contributed by atoms with van der Waals surface area (Å²) in [6.07, 6.45) is -7.47. The highest BCUT2D eigenvalue weighted by molar-refractivity contribution is 5.94. The molecule has 0 bridgehead atoms. The van der Waals surface area contributed by atoms with Gasteiger partial charge in [0.1, 0.15) is 5.56 Å². The van der Waals surface area contributed by atoms with Gasteiger partial charge in [0.15, 0.2) is 0 Å². The molecule has 0 aliphatic carbocycles. The number of benzene rings is 2. The second-order valence-corrected chi connectivity index (χ2v) is 8.48. The fraction of sp³-hybridized carbons (Fsp3) is 0.346. The minimum Gasteiger partial charge on any atom is -0.661 e. The molecule has 0 fully saturated rings. The van der Waals surface area contributed by atoms with E-state index >= 15 is 0 Å². The quantitative estimate of drug-likeness (QED) is 0.242. The van der Waals surface area contributed by atoms with E-state index in [2.05, 4.69) is 20.2 Å². The number of hydrogen-bond donors (Lipinski definition) is 1. The standard InChI is InChI=1S/C16H19N3O3.C10H8F6N/c1-19(2)9-6-10-22-16-17-11-13(15(20)21)14(18-16)12-7-4-3-5-8-12;1-17-5-6-2-7(9(11,12)13)4-8(3-6)10(14,15)16/h3-5,7-8,11H,6,9-10H2,1-2H3,(H,20,21);2-4H,5H2,1H3/q;-1. The average Bonchev–Trinajstić information content (AvgIpc) is 2.86. The lowest BCUT2D eigenvalue weighted by molar-refractivity contribution is -0.143. The number of aromatic carboxylic acids is 1. The minimum atomic E-state index is -4.80. The van der Waals surface area contributed by atoms with Gasteiger partial charge >= 0.3 is 24.3 Å². The lowest BCUT2D eigenvalue weighted by Gasteiger charge is -2.17. The van der Waals surface area contributed by atoms with E-state index in [-0.39, 0.29) is 29.7 Å². The monoisotopic (exact) mass is 557 g/mol. The molecule has 0 atom stereocenters. The molecule has 3 rings (SSSR count). The van der Waals surface area contributed by atoms with Crippen LogP contribution in [0.5, 0.6) is 6.01 Å². The maximum atomic E-state index is 12.4. The number of carboxylic acids is 1. The summed E-state index contributed by atoms with van der Waals surface area (Å²) in [6.45, 7) is 1.20. The zero-order valence-corrected chi connectivity index (χ0v) is 21.3. The Balaban J connectivity index is 0.000000283. The Kier molecular flexibility index (Phi) is 11.2. The number of carbonyl (C=O) groups is 1. The van der Waals surface area contributed by atoms with Gasteiger partial charge in [0.2, 0.25) is 0 Å². The average molecular weight is 558 g/mol. The molecular formula is C26H27F6N4O3-.